The van der Waals surface area contributed by atoms with Gasteiger partial charge in [-0.15, -0.1) is 0 Å². The highest BCUT2D eigenvalue weighted by Gasteiger charge is 2.59. The zero-order valence-electron chi connectivity index (χ0n) is 15.3. The molecule has 5 rings (SSSR count). The third-order valence-corrected chi connectivity index (χ3v) is 6.80. The molecule has 0 radical (unpaired) electrons. The molecule has 1 saturated heterocycles. The molecular weight excluding hydrogens is 340 g/mol. The van der Waals surface area contributed by atoms with Gasteiger partial charge in [0.25, 0.3) is 5.91 Å². The van der Waals surface area contributed by atoms with Crippen LogP contribution in [0.1, 0.15) is 48.9 Å². The Bertz CT molecular complexity index is 792. The van der Waals surface area contributed by atoms with Gasteiger partial charge in [-0.3, -0.25) is 19.3 Å². The first-order chi connectivity index (χ1) is 13.1. The first-order valence-electron chi connectivity index (χ1n) is 10.1. The van der Waals surface area contributed by atoms with E-state index in [1.54, 1.807) is 24.3 Å². The number of carbonyl (C=O) groups is 3. The van der Waals surface area contributed by atoms with Crippen LogP contribution in [0.3, 0.4) is 0 Å². The standard InChI is InChI=1S/C22H24N2O3/c25-20(23-16-4-2-1-3-5-16)13-8-10-17(11-9-13)24-21(26)18-14-6-7-15(12-14)19(18)22(24)27/h6-11,14-16,18-19H,1-5,12H2,(H,23,25)/t14-,15+,18+,19-. The molecule has 1 heterocycles. The summed E-state index contributed by atoms with van der Waals surface area (Å²) in [7, 11) is 0. The van der Waals surface area contributed by atoms with Crippen LogP contribution in [0.5, 0.6) is 0 Å². The zero-order chi connectivity index (χ0) is 18.5. The van der Waals surface area contributed by atoms with E-state index in [0.717, 1.165) is 19.3 Å². The summed E-state index contributed by atoms with van der Waals surface area (Å²) in [6.45, 7) is 0. The van der Waals surface area contributed by atoms with Gasteiger partial charge in [-0.05, 0) is 55.4 Å². The van der Waals surface area contributed by atoms with Gasteiger partial charge < -0.3 is 5.32 Å². The first-order valence-corrected chi connectivity index (χ1v) is 10.1. The molecule has 3 aliphatic carbocycles. The Kier molecular flexibility index (Phi) is 3.92. The van der Waals surface area contributed by atoms with Gasteiger partial charge in [-0.2, -0.15) is 0 Å². The minimum atomic E-state index is -0.193. The monoisotopic (exact) mass is 364 g/mol. The maximum absolute atomic E-state index is 12.9. The molecule has 1 aliphatic heterocycles. The molecule has 140 valence electrons. The summed E-state index contributed by atoms with van der Waals surface area (Å²) in [6, 6.07) is 7.14. The molecule has 1 N–H and O–H groups in total. The minimum Gasteiger partial charge on any atom is -0.349 e. The predicted molar refractivity (Wildman–Crippen MR) is 101 cm³/mol. The molecule has 3 amide bonds. The maximum atomic E-state index is 12.9. The number of rotatable bonds is 3. The van der Waals surface area contributed by atoms with Gasteiger partial charge in [0.15, 0.2) is 0 Å². The number of imide groups is 1. The fourth-order valence-electron chi connectivity index (χ4n) is 5.43. The van der Waals surface area contributed by atoms with Gasteiger partial charge in [-0.25, -0.2) is 0 Å². The minimum absolute atomic E-state index is 0.0772. The van der Waals surface area contributed by atoms with Crippen LogP contribution < -0.4 is 10.2 Å². The Morgan fingerprint density at radius 1 is 0.889 bits per heavy atom. The van der Waals surface area contributed by atoms with E-state index in [4.69, 9.17) is 0 Å². The van der Waals surface area contributed by atoms with E-state index in [-0.39, 0.29) is 47.4 Å². The van der Waals surface area contributed by atoms with Gasteiger partial charge in [0.2, 0.25) is 11.8 Å². The van der Waals surface area contributed by atoms with E-state index in [0.29, 0.717) is 11.3 Å². The van der Waals surface area contributed by atoms with Gasteiger partial charge in [0.05, 0.1) is 17.5 Å². The zero-order valence-corrected chi connectivity index (χ0v) is 15.3. The van der Waals surface area contributed by atoms with Crippen molar-refractivity contribution in [3.63, 3.8) is 0 Å². The van der Waals surface area contributed by atoms with E-state index in [1.807, 2.05) is 0 Å². The molecule has 0 spiro atoms. The highest BCUT2D eigenvalue weighted by molar-refractivity contribution is 6.22. The van der Waals surface area contributed by atoms with Gasteiger partial charge in [0, 0.05) is 11.6 Å². The summed E-state index contributed by atoms with van der Waals surface area (Å²) in [5.41, 5.74) is 1.15. The second kappa shape index (κ2) is 6.32. The number of hydrogen-bond acceptors (Lipinski definition) is 3. The fraction of sp³-hybridized carbons (Fsp3) is 0.500. The average molecular weight is 364 g/mol. The smallest absolute Gasteiger partial charge is 0.251 e. The number of fused-ring (bicyclic) bond motifs is 5. The Labute approximate surface area is 158 Å². The normalized spacial score (nSPS) is 32.2. The van der Waals surface area contributed by atoms with Gasteiger partial charge in [0.1, 0.15) is 0 Å². The van der Waals surface area contributed by atoms with Crippen LogP contribution in [0.2, 0.25) is 0 Å². The second-order valence-corrected chi connectivity index (χ2v) is 8.37. The largest absolute Gasteiger partial charge is 0.349 e. The van der Waals surface area contributed by atoms with Gasteiger partial charge >= 0.3 is 0 Å². The number of carbonyl (C=O) groups excluding carboxylic acids is 3. The molecule has 0 unspecified atom stereocenters. The first kappa shape index (κ1) is 16.7. The fourth-order valence-corrected chi connectivity index (χ4v) is 5.43. The molecule has 4 aliphatic rings. The van der Waals surface area contributed by atoms with Crippen molar-refractivity contribution in [2.75, 3.05) is 4.90 Å². The highest BCUT2D eigenvalue weighted by atomic mass is 16.2. The lowest BCUT2D eigenvalue weighted by Crippen LogP contribution is -2.36. The SMILES string of the molecule is O=C(NC1CCCCC1)c1ccc(N2C(=O)[C@@H]3[C@H](C2=O)[C@H]2C=C[C@@H]3C2)cc1. The van der Waals surface area contributed by atoms with Crippen LogP contribution in [-0.4, -0.2) is 23.8 Å². The number of benzene rings is 1. The highest BCUT2D eigenvalue weighted by Crippen LogP contribution is 2.53. The van der Waals surface area contributed by atoms with Crippen molar-refractivity contribution in [1.82, 2.24) is 5.32 Å². The summed E-state index contributed by atoms with van der Waals surface area (Å²) in [4.78, 5) is 39.5. The van der Waals surface area contributed by atoms with Crippen molar-refractivity contribution in [1.29, 1.82) is 0 Å². The van der Waals surface area contributed by atoms with E-state index < -0.39 is 0 Å². The topological polar surface area (TPSA) is 66.5 Å². The average Bonchev–Trinajstić information content (AvgIpc) is 3.37. The molecular formula is C22H24N2O3. The number of allylic oxidation sites excluding steroid dienone is 2. The number of nitrogens with one attached hydrogen (secondary N) is 1. The second-order valence-electron chi connectivity index (χ2n) is 8.37. The van der Waals surface area contributed by atoms with Crippen LogP contribution in [-0.2, 0) is 9.59 Å². The summed E-state index contributed by atoms with van der Waals surface area (Å²) < 4.78 is 0. The summed E-state index contributed by atoms with van der Waals surface area (Å²) in [6.07, 6.45) is 10.8. The lowest BCUT2D eigenvalue weighted by Gasteiger charge is -2.23. The molecule has 0 aromatic heterocycles. The molecule has 2 saturated carbocycles. The van der Waals surface area contributed by atoms with Crippen LogP contribution in [0.25, 0.3) is 0 Å². The maximum Gasteiger partial charge on any atom is 0.251 e. The number of amides is 3. The summed E-state index contributed by atoms with van der Waals surface area (Å²) in [5, 5.41) is 3.10. The van der Waals surface area contributed by atoms with E-state index in [1.165, 1.54) is 24.2 Å². The molecule has 1 aromatic carbocycles. The molecule has 5 heteroatoms. The van der Waals surface area contributed by atoms with Crippen LogP contribution >= 0.6 is 0 Å². The van der Waals surface area contributed by atoms with E-state index in [2.05, 4.69) is 17.5 Å². The molecule has 1 aromatic rings. The Hall–Kier alpha value is -2.43. The molecule has 2 bridgehead atoms. The summed E-state index contributed by atoms with van der Waals surface area (Å²) >= 11 is 0. The van der Waals surface area contributed by atoms with E-state index in [9.17, 15) is 14.4 Å². The van der Waals surface area contributed by atoms with Crippen molar-refractivity contribution in [2.45, 2.75) is 44.6 Å². The van der Waals surface area contributed by atoms with Crippen molar-refractivity contribution in [3.8, 4) is 0 Å². The van der Waals surface area contributed by atoms with Crippen LogP contribution in [0, 0.1) is 23.7 Å². The van der Waals surface area contributed by atoms with Gasteiger partial charge in [-0.1, -0.05) is 31.4 Å². The lowest BCUT2D eigenvalue weighted by molar-refractivity contribution is -0.123. The van der Waals surface area contributed by atoms with Crippen LogP contribution in [0.15, 0.2) is 36.4 Å². The Morgan fingerprint density at radius 3 is 2.07 bits per heavy atom. The molecule has 27 heavy (non-hydrogen) atoms. The van der Waals surface area contributed by atoms with Crippen molar-refractivity contribution in [3.05, 3.63) is 42.0 Å². The number of nitrogens with zero attached hydrogens (tertiary/aromatic N) is 1. The molecule has 3 fully saturated rings. The molecule has 5 nitrogen and oxygen atoms in total. The van der Waals surface area contributed by atoms with Crippen molar-refractivity contribution < 1.29 is 14.4 Å². The quantitative estimate of drug-likeness (QED) is 0.662. The summed E-state index contributed by atoms with van der Waals surface area (Å²) in [5.74, 6) is -0.207. The lowest BCUT2D eigenvalue weighted by atomic mass is 9.85. The van der Waals surface area contributed by atoms with Crippen LogP contribution in [0.4, 0.5) is 5.69 Å². The van der Waals surface area contributed by atoms with Crippen molar-refractivity contribution >= 4 is 23.4 Å². The predicted octanol–water partition coefficient (Wildman–Crippen LogP) is 3.06. The Balaban J connectivity index is 1.31. The number of anilines is 1. The Morgan fingerprint density at radius 2 is 1.48 bits per heavy atom. The van der Waals surface area contributed by atoms with E-state index >= 15 is 0 Å². The third kappa shape index (κ3) is 2.63. The molecule has 4 atom stereocenters. The van der Waals surface area contributed by atoms with Crippen molar-refractivity contribution in [2.24, 2.45) is 23.7 Å². The third-order valence-electron chi connectivity index (χ3n) is 6.80. The number of hydrogen-bond donors (Lipinski definition) is 1.